The Bertz CT molecular complexity index is 990. The summed E-state index contributed by atoms with van der Waals surface area (Å²) >= 11 is 0. The maximum atomic E-state index is 12.6. The summed E-state index contributed by atoms with van der Waals surface area (Å²) in [4.78, 5) is 30.6. The van der Waals surface area contributed by atoms with Crippen LogP contribution in [-0.4, -0.2) is 42.3 Å². The molecular formula is C24H33N5O3. The molecule has 1 unspecified atom stereocenters. The van der Waals surface area contributed by atoms with Gasteiger partial charge in [0, 0.05) is 24.3 Å². The first-order valence-electron chi connectivity index (χ1n) is 10.6. The van der Waals surface area contributed by atoms with Gasteiger partial charge >= 0.3 is 6.09 Å². The van der Waals surface area contributed by atoms with Crippen LogP contribution in [0.5, 0.6) is 0 Å². The van der Waals surface area contributed by atoms with Gasteiger partial charge < -0.3 is 10.4 Å². The van der Waals surface area contributed by atoms with Crippen molar-refractivity contribution in [3.8, 4) is 11.3 Å². The van der Waals surface area contributed by atoms with Gasteiger partial charge in [0.25, 0.3) is 0 Å². The molecule has 2 atom stereocenters. The number of carbonyl (C=O) groups excluding carboxylic acids is 1. The first-order valence-corrected chi connectivity index (χ1v) is 10.6. The lowest BCUT2D eigenvalue weighted by atomic mass is 9.98. The molecule has 32 heavy (non-hydrogen) atoms. The van der Waals surface area contributed by atoms with E-state index in [-0.39, 0.29) is 11.8 Å². The van der Waals surface area contributed by atoms with Crippen LogP contribution in [0.1, 0.15) is 52.3 Å². The molecule has 0 aliphatic rings. The summed E-state index contributed by atoms with van der Waals surface area (Å²) in [6.45, 7) is 15.0. The number of carboxylic acid groups (broad SMARTS) is 1. The van der Waals surface area contributed by atoms with Gasteiger partial charge in [-0.2, -0.15) is 5.10 Å². The van der Waals surface area contributed by atoms with Crippen molar-refractivity contribution in [2.75, 3.05) is 5.32 Å². The Hall–Kier alpha value is -3.42. The van der Waals surface area contributed by atoms with Crippen LogP contribution in [0.25, 0.3) is 11.3 Å². The smallest absolute Gasteiger partial charge is 0.408 e. The minimum absolute atomic E-state index is 0.152. The normalized spacial score (nSPS) is 13.2. The van der Waals surface area contributed by atoms with Crippen molar-refractivity contribution in [3.63, 3.8) is 0 Å². The quantitative estimate of drug-likeness (QED) is 0.534. The summed E-state index contributed by atoms with van der Waals surface area (Å²) in [6, 6.07) is 3.14. The van der Waals surface area contributed by atoms with Crippen LogP contribution in [-0.2, 0) is 11.8 Å². The number of nitrogens with one attached hydrogen (secondary N) is 1. The summed E-state index contributed by atoms with van der Waals surface area (Å²) in [7, 11) is 1.79. The van der Waals surface area contributed by atoms with Gasteiger partial charge in [0.1, 0.15) is 0 Å². The Morgan fingerprint density at radius 1 is 1.34 bits per heavy atom. The lowest BCUT2D eigenvalue weighted by Crippen LogP contribution is -2.47. The number of aromatic nitrogens is 3. The Morgan fingerprint density at radius 2 is 2.03 bits per heavy atom. The predicted octanol–water partition coefficient (Wildman–Crippen LogP) is 5.03. The van der Waals surface area contributed by atoms with Crippen molar-refractivity contribution in [3.05, 3.63) is 55.5 Å². The maximum absolute atomic E-state index is 12.6. The first-order chi connectivity index (χ1) is 15.0. The van der Waals surface area contributed by atoms with Crippen molar-refractivity contribution in [1.29, 1.82) is 0 Å². The Morgan fingerprint density at radius 3 is 2.56 bits per heavy atom. The monoisotopic (exact) mass is 439 g/mol. The molecule has 2 aromatic rings. The largest absolute Gasteiger partial charge is 0.465 e. The molecule has 0 bridgehead atoms. The molecule has 2 rings (SSSR count). The third kappa shape index (κ3) is 5.43. The average molecular weight is 440 g/mol. The molecule has 2 amide bonds. The second kappa shape index (κ2) is 10.3. The third-order valence-corrected chi connectivity index (χ3v) is 5.28. The lowest BCUT2D eigenvalue weighted by molar-refractivity contribution is -0.118. The molecule has 0 aliphatic carbocycles. The van der Waals surface area contributed by atoms with E-state index in [9.17, 15) is 14.7 Å². The summed E-state index contributed by atoms with van der Waals surface area (Å²) in [6.07, 6.45) is 6.58. The molecule has 0 spiro atoms. The molecule has 0 saturated heterocycles. The highest BCUT2D eigenvalue weighted by Crippen LogP contribution is 2.34. The van der Waals surface area contributed by atoms with Crippen LogP contribution in [0.3, 0.4) is 0 Å². The predicted molar refractivity (Wildman–Crippen MR) is 126 cm³/mol. The van der Waals surface area contributed by atoms with Crippen LogP contribution in [0, 0.1) is 5.92 Å². The molecule has 0 fully saturated rings. The fourth-order valence-corrected chi connectivity index (χ4v) is 3.74. The molecule has 2 heterocycles. The molecule has 8 nitrogen and oxygen atoms in total. The number of hydrogen-bond donors (Lipinski definition) is 2. The van der Waals surface area contributed by atoms with Crippen LogP contribution in [0.2, 0.25) is 0 Å². The van der Waals surface area contributed by atoms with Gasteiger partial charge in [-0.25, -0.2) is 4.79 Å². The van der Waals surface area contributed by atoms with E-state index in [2.05, 4.69) is 28.6 Å². The van der Waals surface area contributed by atoms with Gasteiger partial charge in [0.2, 0.25) is 5.91 Å². The number of hydrogen-bond acceptors (Lipinski definition) is 4. The summed E-state index contributed by atoms with van der Waals surface area (Å²) in [5, 5.41) is 17.1. The molecule has 0 radical (unpaired) electrons. The summed E-state index contributed by atoms with van der Waals surface area (Å²) < 4.78 is 1.67. The number of nitrogens with zero attached hydrogens (tertiary/aromatic N) is 4. The highest BCUT2D eigenvalue weighted by atomic mass is 16.4. The second-order valence-electron chi connectivity index (χ2n) is 8.60. The van der Waals surface area contributed by atoms with E-state index in [0.717, 1.165) is 5.56 Å². The highest BCUT2D eigenvalue weighted by molar-refractivity contribution is 5.96. The van der Waals surface area contributed by atoms with E-state index < -0.39 is 17.7 Å². The van der Waals surface area contributed by atoms with E-state index in [1.54, 1.807) is 36.3 Å². The van der Waals surface area contributed by atoms with E-state index in [1.165, 1.54) is 4.90 Å². The van der Waals surface area contributed by atoms with Crippen molar-refractivity contribution in [2.24, 2.45) is 13.0 Å². The molecule has 2 N–H and O–H groups in total. The Balaban J connectivity index is 2.52. The number of carbonyl (C=O) groups is 2. The van der Waals surface area contributed by atoms with E-state index in [4.69, 9.17) is 0 Å². The summed E-state index contributed by atoms with van der Waals surface area (Å²) in [5.74, 6) is -0.454. The minimum atomic E-state index is -1.03. The minimum Gasteiger partial charge on any atom is -0.465 e. The van der Waals surface area contributed by atoms with Gasteiger partial charge in [-0.1, -0.05) is 19.1 Å². The van der Waals surface area contributed by atoms with Gasteiger partial charge in [-0.15, -0.1) is 13.2 Å². The molecule has 2 aromatic heterocycles. The van der Waals surface area contributed by atoms with Crippen LogP contribution in [0.15, 0.2) is 49.8 Å². The zero-order valence-corrected chi connectivity index (χ0v) is 19.5. The standard InChI is InChI=1S/C24H33N5O3/c1-8-11-20(29(23(31)32)24(4,5)6)18-14-17(12-13-25-18)21-19(15-26-28(21)7)27-22(30)16(9-2)10-3/h8-9,12-16,20H,1-2,10-11H2,3-7H3,(H,27,30)(H,31,32)/t16?,20-/m0/s1. The van der Waals surface area contributed by atoms with Crippen LogP contribution in [0.4, 0.5) is 10.5 Å². The fourth-order valence-electron chi connectivity index (χ4n) is 3.74. The van der Waals surface area contributed by atoms with E-state index >= 15 is 0 Å². The molecule has 8 heteroatoms. The average Bonchev–Trinajstić information content (AvgIpc) is 3.07. The van der Waals surface area contributed by atoms with Gasteiger partial charge in [0.05, 0.1) is 35.2 Å². The van der Waals surface area contributed by atoms with Crippen molar-refractivity contribution in [2.45, 2.75) is 52.1 Å². The molecule has 0 aromatic carbocycles. The van der Waals surface area contributed by atoms with Crippen molar-refractivity contribution >= 4 is 17.7 Å². The maximum Gasteiger partial charge on any atom is 0.408 e. The van der Waals surface area contributed by atoms with Gasteiger partial charge in [-0.3, -0.25) is 19.4 Å². The molecule has 0 aliphatic heterocycles. The van der Waals surface area contributed by atoms with E-state index in [1.807, 2.05) is 39.8 Å². The van der Waals surface area contributed by atoms with Crippen molar-refractivity contribution < 1.29 is 14.7 Å². The second-order valence-corrected chi connectivity index (χ2v) is 8.60. The third-order valence-electron chi connectivity index (χ3n) is 5.28. The lowest BCUT2D eigenvalue weighted by Gasteiger charge is -2.39. The number of amides is 2. The Kier molecular flexibility index (Phi) is 7.97. The van der Waals surface area contributed by atoms with E-state index in [0.29, 0.717) is 29.9 Å². The van der Waals surface area contributed by atoms with Crippen molar-refractivity contribution in [1.82, 2.24) is 19.7 Å². The summed E-state index contributed by atoms with van der Waals surface area (Å²) in [5.41, 5.74) is 2.00. The number of rotatable bonds is 9. The number of anilines is 1. The fraction of sp³-hybridized carbons (Fsp3) is 0.417. The number of aryl methyl sites for hydroxylation is 1. The van der Waals surface area contributed by atoms with Gasteiger partial charge in [-0.05, 0) is 45.7 Å². The zero-order valence-electron chi connectivity index (χ0n) is 19.5. The highest BCUT2D eigenvalue weighted by Gasteiger charge is 2.34. The van der Waals surface area contributed by atoms with Gasteiger partial charge in [0.15, 0.2) is 0 Å². The first kappa shape index (κ1) is 24.8. The number of pyridine rings is 1. The topological polar surface area (TPSA) is 100 Å². The van der Waals surface area contributed by atoms with Crippen LogP contribution >= 0.6 is 0 Å². The molecular weight excluding hydrogens is 406 g/mol. The zero-order chi connectivity index (χ0) is 24.1. The van der Waals surface area contributed by atoms with Crippen LogP contribution < -0.4 is 5.32 Å². The Labute approximate surface area is 189 Å². The molecule has 172 valence electrons. The SMILES string of the molecule is C=CC[C@@H](c1cc(-c2c(NC(=O)C(C=C)CC)cnn2C)ccn1)N(C(=O)O)C(C)(C)C. The molecule has 0 saturated carbocycles.